The predicted octanol–water partition coefficient (Wildman–Crippen LogP) is 4.10. The highest BCUT2D eigenvalue weighted by molar-refractivity contribution is 7.99. The van der Waals surface area contributed by atoms with Gasteiger partial charge in [-0.2, -0.15) is 0 Å². The molecular weight excluding hydrogens is 374 g/mol. The van der Waals surface area contributed by atoms with E-state index in [-0.39, 0.29) is 6.09 Å². The minimum absolute atomic E-state index is 0.214. The smallest absolute Gasteiger partial charge is 0.410 e. The van der Waals surface area contributed by atoms with Gasteiger partial charge in [0.1, 0.15) is 5.60 Å². The zero-order valence-electron chi connectivity index (χ0n) is 17.1. The third kappa shape index (κ3) is 5.25. The van der Waals surface area contributed by atoms with E-state index >= 15 is 0 Å². The highest BCUT2D eigenvalue weighted by atomic mass is 32.2. The number of hydrogen-bond donors (Lipinski definition) is 0. The first kappa shape index (κ1) is 20.6. The van der Waals surface area contributed by atoms with Crippen LogP contribution in [-0.4, -0.2) is 55.2 Å². The maximum absolute atomic E-state index is 12.2. The number of carbonyl (C=O) groups is 1. The Morgan fingerprint density at radius 1 is 1.29 bits per heavy atom. The van der Waals surface area contributed by atoms with Gasteiger partial charge in [-0.1, -0.05) is 18.7 Å². The lowest BCUT2D eigenvalue weighted by Crippen LogP contribution is -2.35. The van der Waals surface area contributed by atoms with Gasteiger partial charge < -0.3 is 14.2 Å². The lowest BCUT2D eigenvalue weighted by atomic mass is 10.2. The number of nitrogens with zero attached hydrogens (tertiary/aromatic N) is 5. The fourth-order valence-electron chi connectivity index (χ4n) is 3.19. The van der Waals surface area contributed by atoms with Crippen LogP contribution in [0.3, 0.4) is 0 Å². The van der Waals surface area contributed by atoms with Crippen LogP contribution in [0.2, 0.25) is 0 Å². The summed E-state index contributed by atoms with van der Waals surface area (Å²) in [6, 6.07) is 3.92. The minimum Gasteiger partial charge on any atom is -0.444 e. The summed E-state index contributed by atoms with van der Waals surface area (Å²) in [5.74, 6) is 2.24. The second-order valence-electron chi connectivity index (χ2n) is 8.09. The Labute approximate surface area is 170 Å². The first-order valence-electron chi connectivity index (χ1n) is 9.81. The predicted molar refractivity (Wildman–Crippen MR) is 110 cm³/mol. The third-order valence-electron chi connectivity index (χ3n) is 4.49. The molecule has 152 valence electrons. The zero-order valence-corrected chi connectivity index (χ0v) is 17.9. The summed E-state index contributed by atoms with van der Waals surface area (Å²) in [5, 5.41) is 9.77. The van der Waals surface area contributed by atoms with Crippen molar-refractivity contribution in [3.8, 4) is 11.4 Å². The average Bonchev–Trinajstić information content (AvgIpc) is 3.27. The standard InChI is InChI=1S/C20H29N5O2S/c1-5-11-25-17(16-6-9-21-10-7-16)22-23-18(25)28-14-15-8-12-24(13-15)19(26)27-20(2,3)4/h6-7,9-10,15H,5,8,11-14H2,1-4H3/t15-/m0/s1. The van der Waals surface area contributed by atoms with E-state index in [0.717, 1.165) is 54.8 Å². The van der Waals surface area contributed by atoms with Crippen molar-refractivity contribution in [2.45, 2.75) is 57.8 Å². The van der Waals surface area contributed by atoms with Crippen LogP contribution in [-0.2, 0) is 11.3 Å². The largest absolute Gasteiger partial charge is 0.444 e. The number of likely N-dealkylation sites (tertiary alicyclic amines) is 1. The van der Waals surface area contributed by atoms with Gasteiger partial charge >= 0.3 is 6.09 Å². The van der Waals surface area contributed by atoms with Gasteiger partial charge in [-0.05, 0) is 51.7 Å². The van der Waals surface area contributed by atoms with Gasteiger partial charge in [0.15, 0.2) is 11.0 Å². The van der Waals surface area contributed by atoms with Crippen molar-refractivity contribution < 1.29 is 9.53 Å². The quantitative estimate of drug-likeness (QED) is 0.676. The molecule has 8 heteroatoms. The Morgan fingerprint density at radius 3 is 2.71 bits per heavy atom. The Balaban J connectivity index is 1.61. The molecule has 1 aliphatic heterocycles. The van der Waals surface area contributed by atoms with E-state index in [2.05, 4.69) is 26.7 Å². The molecule has 0 unspecified atom stereocenters. The van der Waals surface area contributed by atoms with Crippen molar-refractivity contribution in [2.24, 2.45) is 5.92 Å². The molecule has 1 saturated heterocycles. The van der Waals surface area contributed by atoms with Gasteiger partial charge in [-0.15, -0.1) is 10.2 Å². The number of rotatable bonds is 6. The molecule has 0 bridgehead atoms. The zero-order chi connectivity index (χ0) is 20.1. The van der Waals surface area contributed by atoms with E-state index < -0.39 is 5.60 Å². The second-order valence-corrected chi connectivity index (χ2v) is 9.07. The van der Waals surface area contributed by atoms with Crippen molar-refractivity contribution >= 4 is 17.9 Å². The van der Waals surface area contributed by atoms with Crippen LogP contribution >= 0.6 is 11.8 Å². The molecule has 1 aliphatic rings. The Hall–Kier alpha value is -2.09. The number of carbonyl (C=O) groups excluding carboxylic acids is 1. The molecule has 0 aliphatic carbocycles. The molecule has 0 N–H and O–H groups in total. The lowest BCUT2D eigenvalue weighted by molar-refractivity contribution is 0.0289. The summed E-state index contributed by atoms with van der Waals surface area (Å²) in [4.78, 5) is 18.1. The maximum atomic E-state index is 12.2. The SMILES string of the molecule is CCCn1c(SC[C@H]2CCN(C(=O)OC(C)(C)C)C2)nnc1-c1ccncc1. The van der Waals surface area contributed by atoms with Crippen LogP contribution in [0, 0.1) is 5.92 Å². The minimum atomic E-state index is -0.455. The molecule has 2 aromatic rings. The molecule has 0 spiro atoms. The Morgan fingerprint density at radius 2 is 2.04 bits per heavy atom. The fourth-order valence-corrected chi connectivity index (χ4v) is 4.28. The number of thioether (sulfide) groups is 1. The molecule has 0 saturated carbocycles. The molecule has 0 radical (unpaired) electrons. The fraction of sp³-hybridized carbons (Fsp3) is 0.600. The van der Waals surface area contributed by atoms with Crippen LogP contribution in [0.25, 0.3) is 11.4 Å². The molecule has 0 aromatic carbocycles. The van der Waals surface area contributed by atoms with E-state index in [1.807, 2.05) is 37.8 Å². The van der Waals surface area contributed by atoms with Crippen LogP contribution in [0.15, 0.2) is 29.7 Å². The van der Waals surface area contributed by atoms with Crippen LogP contribution < -0.4 is 0 Å². The normalized spacial score (nSPS) is 17.1. The third-order valence-corrected chi connectivity index (χ3v) is 5.69. The summed E-state index contributed by atoms with van der Waals surface area (Å²) in [6.45, 7) is 10.2. The van der Waals surface area contributed by atoms with Crippen molar-refractivity contribution in [3.05, 3.63) is 24.5 Å². The number of aromatic nitrogens is 4. The van der Waals surface area contributed by atoms with Crippen LogP contribution in [0.5, 0.6) is 0 Å². The highest BCUT2D eigenvalue weighted by Gasteiger charge is 2.30. The molecular formula is C20H29N5O2S. The summed E-state index contributed by atoms with van der Waals surface area (Å²) in [6.07, 6.45) is 5.34. The Kier molecular flexibility index (Phi) is 6.59. The number of ether oxygens (including phenoxy) is 1. The maximum Gasteiger partial charge on any atom is 0.410 e. The van der Waals surface area contributed by atoms with E-state index in [9.17, 15) is 4.79 Å². The molecule has 3 rings (SSSR count). The highest BCUT2D eigenvalue weighted by Crippen LogP contribution is 2.28. The molecule has 1 amide bonds. The van der Waals surface area contributed by atoms with E-state index in [0.29, 0.717) is 5.92 Å². The monoisotopic (exact) mass is 403 g/mol. The van der Waals surface area contributed by atoms with E-state index in [1.54, 1.807) is 24.2 Å². The average molecular weight is 404 g/mol. The van der Waals surface area contributed by atoms with Gasteiger partial charge in [-0.25, -0.2) is 4.79 Å². The first-order valence-corrected chi connectivity index (χ1v) is 10.8. The molecule has 1 fully saturated rings. The molecule has 3 heterocycles. The molecule has 2 aromatic heterocycles. The lowest BCUT2D eigenvalue weighted by Gasteiger charge is -2.24. The van der Waals surface area contributed by atoms with Crippen molar-refractivity contribution in [1.82, 2.24) is 24.6 Å². The van der Waals surface area contributed by atoms with Gasteiger partial charge in [0.05, 0.1) is 0 Å². The summed E-state index contributed by atoms with van der Waals surface area (Å²) in [7, 11) is 0. The second kappa shape index (κ2) is 8.94. The summed E-state index contributed by atoms with van der Waals surface area (Å²) in [5.41, 5.74) is 0.573. The number of amides is 1. The van der Waals surface area contributed by atoms with Crippen molar-refractivity contribution in [1.29, 1.82) is 0 Å². The Bertz CT molecular complexity index is 788. The van der Waals surface area contributed by atoms with Gasteiger partial charge in [-0.3, -0.25) is 4.98 Å². The van der Waals surface area contributed by atoms with Gasteiger partial charge in [0.25, 0.3) is 0 Å². The topological polar surface area (TPSA) is 73.1 Å². The summed E-state index contributed by atoms with van der Waals surface area (Å²) >= 11 is 1.72. The molecule has 1 atom stereocenters. The van der Waals surface area contributed by atoms with Gasteiger partial charge in [0.2, 0.25) is 0 Å². The number of hydrogen-bond acceptors (Lipinski definition) is 6. The van der Waals surface area contributed by atoms with Gasteiger partial charge in [0, 0.05) is 43.3 Å². The van der Waals surface area contributed by atoms with E-state index in [1.165, 1.54) is 0 Å². The van der Waals surface area contributed by atoms with E-state index in [4.69, 9.17) is 4.74 Å². The van der Waals surface area contributed by atoms with Crippen molar-refractivity contribution in [2.75, 3.05) is 18.8 Å². The molecule has 28 heavy (non-hydrogen) atoms. The van der Waals surface area contributed by atoms with Crippen molar-refractivity contribution in [3.63, 3.8) is 0 Å². The molecule has 7 nitrogen and oxygen atoms in total. The van der Waals surface area contributed by atoms with Crippen LogP contribution in [0.1, 0.15) is 40.5 Å². The van der Waals surface area contributed by atoms with Crippen LogP contribution in [0.4, 0.5) is 4.79 Å². The summed E-state index contributed by atoms with van der Waals surface area (Å²) < 4.78 is 7.67. The number of pyridine rings is 1. The first-order chi connectivity index (χ1) is 13.4.